The fraction of sp³-hybridized carbons (Fsp3) is 0.538. The first-order chi connectivity index (χ1) is 7.81. The second-order valence-corrected chi connectivity index (χ2v) is 5.64. The fourth-order valence-electron chi connectivity index (χ4n) is 2.73. The van der Waals surface area contributed by atoms with Gasteiger partial charge in [0, 0.05) is 4.47 Å². The van der Waals surface area contributed by atoms with Crippen molar-refractivity contribution < 1.29 is 4.74 Å². The van der Waals surface area contributed by atoms with Gasteiger partial charge < -0.3 is 4.74 Å². The van der Waals surface area contributed by atoms with Crippen molar-refractivity contribution >= 4 is 15.9 Å². The highest BCUT2D eigenvalue weighted by Crippen LogP contribution is 2.38. The summed E-state index contributed by atoms with van der Waals surface area (Å²) in [5, 5.41) is 0. The maximum atomic E-state index is 5.48. The topological polar surface area (TPSA) is 12.5 Å². The lowest BCUT2D eigenvalue weighted by Gasteiger charge is -2.48. The summed E-state index contributed by atoms with van der Waals surface area (Å²) in [6, 6.07) is 8.72. The normalized spacial score (nSPS) is 24.3. The Kier molecular flexibility index (Phi) is 2.78. The molecule has 86 valence electrons. The molecule has 0 radical (unpaired) electrons. The standard InChI is InChI=1S/C13H16BrNO/c14-12-5-3-11(4-6-12)13(9-16-10-13)15-7-1-2-8-15/h3-6H,1-2,7-10H2. The third-order valence-electron chi connectivity index (χ3n) is 3.77. The Morgan fingerprint density at radius 3 is 2.19 bits per heavy atom. The summed E-state index contributed by atoms with van der Waals surface area (Å²) in [5.74, 6) is 0. The molecule has 3 rings (SSSR count). The third-order valence-corrected chi connectivity index (χ3v) is 4.30. The number of ether oxygens (including phenoxy) is 1. The van der Waals surface area contributed by atoms with Crippen molar-refractivity contribution in [3.8, 4) is 0 Å². The number of rotatable bonds is 2. The van der Waals surface area contributed by atoms with E-state index in [9.17, 15) is 0 Å². The van der Waals surface area contributed by atoms with Gasteiger partial charge in [0.05, 0.1) is 18.8 Å². The summed E-state index contributed by atoms with van der Waals surface area (Å²) in [5.41, 5.74) is 1.58. The number of hydrogen-bond acceptors (Lipinski definition) is 2. The molecule has 0 unspecified atom stereocenters. The van der Waals surface area contributed by atoms with Crippen molar-refractivity contribution in [2.45, 2.75) is 18.4 Å². The van der Waals surface area contributed by atoms with Crippen LogP contribution in [-0.2, 0) is 10.3 Å². The minimum Gasteiger partial charge on any atom is -0.377 e. The van der Waals surface area contributed by atoms with Gasteiger partial charge in [-0.2, -0.15) is 0 Å². The van der Waals surface area contributed by atoms with Gasteiger partial charge in [0.1, 0.15) is 0 Å². The lowest BCUT2D eigenvalue weighted by Crippen LogP contribution is -2.58. The molecular weight excluding hydrogens is 266 g/mol. The molecule has 2 aliphatic rings. The van der Waals surface area contributed by atoms with E-state index in [4.69, 9.17) is 4.74 Å². The van der Waals surface area contributed by atoms with Crippen molar-refractivity contribution in [2.24, 2.45) is 0 Å². The van der Waals surface area contributed by atoms with Crippen LogP contribution in [0.2, 0.25) is 0 Å². The molecular formula is C13H16BrNO. The van der Waals surface area contributed by atoms with Crippen LogP contribution in [0.25, 0.3) is 0 Å². The lowest BCUT2D eigenvalue weighted by molar-refractivity contribution is -0.139. The lowest BCUT2D eigenvalue weighted by atomic mass is 9.86. The van der Waals surface area contributed by atoms with Crippen molar-refractivity contribution in [2.75, 3.05) is 26.3 Å². The largest absolute Gasteiger partial charge is 0.377 e. The second kappa shape index (κ2) is 4.13. The Bertz CT molecular complexity index is 366. The van der Waals surface area contributed by atoms with Gasteiger partial charge in [-0.15, -0.1) is 0 Å². The Morgan fingerprint density at radius 1 is 1.06 bits per heavy atom. The fourth-order valence-corrected chi connectivity index (χ4v) is 3.00. The zero-order valence-corrected chi connectivity index (χ0v) is 10.9. The number of likely N-dealkylation sites (tertiary alicyclic amines) is 1. The predicted molar refractivity (Wildman–Crippen MR) is 67.4 cm³/mol. The summed E-state index contributed by atoms with van der Waals surface area (Å²) in [7, 11) is 0. The van der Waals surface area contributed by atoms with E-state index in [-0.39, 0.29) is 5.54 Å². The molecule has 0 aromatic heterocycles. The van der Waals surface area contributed by atoms with Crippen LogP contribution >= 0.6 is 15.9 Å². The molecule has 1 aromatic carbocycles. The van der Waals surface area contributed by atoms with Crippen LogP contribution < -0.4 is 0 Å². The van der Waals surface area contributed by atoms with Crippen molar-refractivity contribution in [1.82, 2.24) is 4.90 Å². The van der Waals surface area contributed by atoms with Crippen molar-refractivity contribution in [3.63, 3.8) is 0 Å². The highest BCUT2D eigenvalue weighted by atomic mass is 79.9. The first-order valence-corrected chi connectivity index (χ1v) is 6.69. The molecule has 0 N–H and O–H groups in total. The summed E-state index contributed by atoms with van der Waals surface area (Å²) in [4.78, 5) is 2.60. The minimum atomic E-state index is 0.178. The van der Waals surface area contributed by atoms with E-state index in [1.807, 2.05) is 0 Å². The molecule has 0 atom stereocenters. The summed E-state index contributed by atoms with van der Waals surface area (Å²) in [6.07, 6.45) is 2.66. The van der Waals surface area contributed by atoms with E-state index in [0.717, 1.165) is 17.7 Å². The van der Waals surface area contributed by atoms with Gasteiger partial charge in [0.15, 0.2) is 0 Å². The zero-order valence-electron chi connectivity index (χ0n) is 9.29. The maximum Gasteiger partial charge on any atom is 0.0933 e. The average molecular weight is 282 g/mol. The molecule has 2 fully saturated rings. The van der Waals surface area contributed by atoms with Crippen LogP contribution in [0.15, 0.2) is 28.7 Å². The molecule has 0 bridgehead atoms. The van der Waals surface area contributed by atoms with E-state index in [1.54, 1.807) is 0 Å². The second-order valence-electron chi connectivity index (χ2n) is 4.73. The van der Waals surface area contributed by atoms with E-state index >= 15 is 0 Å². The van der Waals surface area contributed by atoms with E-state index in [2.05, 4.69) is 45.1 Å². The first-order valence-electron chi connectivity index (χ1n) is 5.90. The smallest absolute Gasteiger partial charge is 0.0933 e. The maximum absolute atomic E-state index is 5.48. The molecule has 2 saturated heterocycles. The molecule has 2 aliphatic heterocycles. The summed E-state index contributed by atoms with van der Waals surface area (Å²) in [6.45, 7) is 4.15. The van der Waals surface area contributed by atoms with Gasteiger partial charge in [0.25, 0.3) is 0 Å². The van der Waals surface area contributed by atoms with Gasteiger partial charge in [-0.1, -0.05) is 28.1 Å². The number of benzene rings is 1. The Labute approximate surface area is 105 Å². The summed E-state index contributed by atoms with van der Waals surface area (Å²) >= 11 is 3.49. The van der Waals surface area contributed by atoms with Crippen LogP contribution in [0.4, 0.5) is 0 Å². The molecule has 2 heterocycles. The van der Waals surface area contributed by atoms with Crippen LogP contribution in [0.5, 0.6) is 0 Å². The summed E-state index contributed by atoms with van der Waals surface area (Å²) < 4.78 is 6.63. The SMILES string of the molecule is Brc1ccc(C2(N3CCCC3)COC2)cc1. The van der Waals surface area contributed by atoms with E-state index in [1.165, 1.54) is 31.5 Å². The molecule has 1 aromatic rings. The van der Waals surface area contributed by atoms with Crippen molar-refractivity contribution in [3.05, 3.63) is 34.3 Å². The molecule has 0 spiro atoms. The molecule has 2 nitrogen and oxygen atoms in total. The predicted octanol–water partition coefficient (Wildman–Crippen LogP) is 2.77. The Balaban J connectivity index is 1.91. The molecule has 16 heavy (non-hydrogen) atoms. The first kappa shape index (κ1) is 10.8. The molecule has 0 saturated carbocycles. The Hall–Kier alpha value is -0.380. The monoisotopic (exact) mass is 281 g/mol. The van der Waals surface area contributed by atoms with Crippen LogP contribution in [-0.4, -0.2) is 31.2 Å². The van der Waals surface area contributed by atoms with E-state index in [0.29, 0.717) is 0 Å². The quantitative estimate of drug-likeness (QED) is 0.827. The van der Waals surface area contributed by atoms with Gasteiger partial charge in [-0.3, -0.25) is 4.90 Å². The molecule has 0 amide bonds. The zero-order chi connectivity index (χ0) is 11.0. The highest BCUT2D eigenvalue weighted by Gasteiger charge is 2.46. The number of hydrogen-bond donors (Lipinski definition) is 0. The van der Waals surface area contributed by atoms with Crippen molar-refractivity contribution in [1.29, 1.82) is 0 Å². The average Bonchev–Trinajstić information content (AvgIpc) is 2.73. The van der Waals surface area contributed by atoms with Crippen LogP contribution in [0, 0.1) is 0 Å². The van der Waals surface area contributed by atoms with Gasteiger partial charge in [-0.25, -0.2) is 0 Å². The number of nitrogens with zero attached hydrogens (tertiary/aromatic N) is 1. The third kappa shape index (κ3) is 1.62. The van der Waals surface area contributed by atoms with Gasteiger partial charge in [-0.05, 0) is 43.6 Å². The molecule has 3 heteroatoms. The van der Waals surface area contributed by atoms with E-state index < -0.39 is 0 Å². The highest BCUT2D eigenvalue weighted by molar-refractivity contribution is 9.10. The van der Waals surface area contributed by atoms with Gasteiger partial charge in [0.2, 0.25) is 0 Å². The van der Waals surface area contributed by atoms with Crippen LogP contribution in [0.3, 0.4) is 0 Å². The Morgan fingerprint density at radius 2 is 1.69 bits per heavy atom. The number of halogens is 1. The van der Waals surface area contributed by atoms with Gasteiger partial charge >= 0.3 is 0 Å². The van der Waals surface area contributed by atoms with Crippen LogP contribution in [0.1, 0.15) is 18.4 Å². The molecule has 0 aliphatic carbocycles. The minimum absolute atomic E-state index is 0.178.